The van der Waals surface area contributed by atoms with Gasteiger partial charge in [0.25, 0.3) is 0 Å². The van der Waals surface area contributed by atoms with Gasteiger partial charge in [-0.2, -0.15) is 0 Å². The van der Waals surface area contributed by atoms with Crippen LogP contribution in [0.4, 0.5) is 10.5 Å². The highest BCUT2D eigenvalue weighted by atomic mass is 16.5. The molecular weight excluding hydrogens is 450 g/mol. The van der Waals surface area contributed by atoms with Gasteiger partial charge in [0.2, 0.25) is 0 Å². The minimum atomic E-state index is -1.06. The van der Waals surface area contributed by atoms with Crippen molar-refractivity contribution in [1.82, 2.24) is 10.6 Å². The number of benzene rings is 2. The van der Waals surface area contributed by atoms with Gasteiger partial charge in [-0.15, -0.1) is 0 Å². The monoisotopic (exact) mass is 481 g/mol. The molecule has 1 aromatic heterocycles. The minimum Gasteiger partial charge on any atom is -0.482 e. The highest BCUT2D eigenvalue weighted by molar-refractivity contribution is 5.84. The molecule has 3 aromatic rings. The van der Waals surface area contributed by atoms with Crippen LogP contribution >= 0.6 is 0 Å². The summed E-state index contributed by atoms with van der Waals surface area (Å²) >= 11 is 0. The van der Waals surface area contributed by atoms with E-state index in [9.17, 15) is 14.4 Å². The average molecular weight is 482 g/mol. The Kier molecular flexibility index (Phi) is 8.72. The number of carbonyl (C=O) groups excluding carboxylic acids is 1. The molecule has 0 unspecified atom stereocenters. The summed E-state index contributed by atoms with van der Waals surface area (Å²) in [5, 5.41) is 15.1. The summed E-state index contributed by atoms with van der Waals surface area (Å²) in [6.07, 6.45) is 0.341. The van der Waals surface area contributed by atoms with Crippen LogP contribution in [0.15, 0.2) is 51.7 Å². The Labute approximate surface area is 203 Å². The first-order valence-corrected chi connectivity index (χ1v) is 11.6. The van der Waals surface area contributed by atoms with Gasteiger partial charge in [-0.25, -0.2) is 14.4 Å². The highest BCUT2D eigenvalue weighted by Gasteiger charge is 2.13. The highest BCUT2D eigenvalue weighted by Crippen LogP contribution is 2.25. The van der Waals surface area contributed by atoms with E-state index in [0.717, 1.165) is 35.3 Å². The maximum Gasteiger partial charge on any atom is 0.341 e. The third-order valence-electron chi connectivity index (χ3n) is 5.77. The lowest BCUT2D eigenvalue weighted by atomic mass is 10.0. The van der Waals surface area contributed by atoms with Crippen molar-refractivity contribution in [2.45, 2.75) is 33.7 Å². The molecule has 9 heteroatoms. The van der Waals surface area contributed by atoms with Gasteiger partial charge in [0.05, 0.1) is 0 Å². The molecule has 3 rings (SSSR count). The number of fused-ring (bicyclic) bond motifs is 1. The van der Waals surface area contributed by atoms with E-state index in [2.05, 4.69) is 29.4 Å². The fourth-order valence-corrected chi connectivity index (χ4v) is 3.89. The average Bonchev–Trinajstić information content (AvgIpc) is 2.84. The van der Waals surface area contributed by atoms with Crippen LogP contribution in [0.3, 0.4) is 0 Å². The SMILES string of the molecule is CCN(CC)c1ccc2c(C)c(CCNC(=O)NCc3cccc(OCC(=O)O)c3)c(=O)oc2c1. The number of ether oxygens (including phenoxy) is 1. The molecule has 3 N–H and O–H groups in total. The first-order chi connectivity index (χ1) is 16.8. The Morgan fingerprint density at radius 3 is 2.57 bits per heavy atom. The third-order valence-corrected chi connectivity index (χ3v) is 5.77. The number of carbonyl (C=O) groups is 2. The van der Waals surface area contributed by atoms with Crippen LogP contribution in [0, 0.1) is 6.92 Å². The lowest BCUT2D eigenvalue weighted by Crippen LogP contribution is -2.36. The van der Waals surface area contributed by atoms with Crippen LogP contribution in [0.25, 0.3) is 11.0 Å². The quantitative estimate of drug-likeness (QED) is 0.359. The predicted molar refractivity (Wildman–Crippen MR) is 134 cm³/mol. The fraction of sp³-hybridized carbons (Fsp3) is 0.346. The van der Waals surface area contributed by atoms with E-state index in [1.165, 1.54) is 0 Å². The minimum absolute atomic E-state index is 0.238. The lowest BCUT2D eigenvalue weighted by Gasteiger charge is -2.21. The normalized spacial score (nSPS) is 10.7. The molecule has 0 aliphatic carbocycles. The summed E-state index contributed by atoms with van der Waals surface area (Å²) in [5.74, 6) is -0.650. The van der Waals surface area contributed by atoms with Gasteiger partial charge in [0, 0.05) is 48.9 Å². The molecule has 186 valence electrons. The summed E-state index contributed by atoms with van der Waals surface area (Å²) in [4.78, 5) is 37.7. The number of anilines is 1. The zero-order chi connectivity index (χ0) is 25.4. The largest absolute Gasteiger partial charge is 0.482 e. The molecule has 0 fully saturated rings. The molecule has 0 saturated heterocycles. The summed E-state index contributed by atoms with van der Waals surface area (Å²) in [6.45, 7) is 7.85. The van der Waals surface area contributed by atoms with E-state index < -0.39 is 18.2 Å². The van der Waals surface area contributed by atoms with Crippen molar-refractivity contribution in [3.63, 3.8) is 0 Å². The van der Waals surface area contributed by atoms with Crippen LogP contribution < -0.4 is 25.9 Å². The van der Waals surface area contributed by atoms with E-state index >= 15 is 0 Å². The number of rotatable bonds is 11. The molecule has 2 amide bonds. The molecule has 0 aliphatic heterocycles. The van der Waals surface area contributed by atoms with Crippen LogP contribution in [0.5, 0.6) is 5.75 Å². The number of aryl methyl sites for hydroxylation is 1. The Bertz CT molecular complexity index is 1250. The lowest BCUT2D eigenvalue weighted by molar-refractivity contribution is -0.139. The van der Waals surface area contributed by atoms with Gasteiger partial charge in [0.1, 0.15) is 11.3 Å². The van der Waals surface area contributed by atoms with Gasteiger partial charge in [-0.1, -0.05) is 12.1 Å². The number of nitrogens with one attached hydrogen (secondary N) is 2. The molecule has 0 saturated carbocycles. The zero-order valence-electron chi connectivity index (χ0n) is 20.2. The van der Waals surface area contributed by atoms with E-state index in [1.54, 1.807) is 24.3 Å². The standard InChI is InChI=1S/C26H31N3O6/c1-4-29(5-2)19-9-10-21-17(3)22(25(32)35-23(21)14-19)11-12-27-26(33)28-15-18-7-6-8-20(13-18)34-16-24(30)31/h6-10,13-14H,4-5,11-12,15-16H2,1-3H3,(H,30,31)(H2,27,28,33). The van der Waals surface area contributed by atoms with Crippen LogP contribution in [-0.2, 0) is 17.8 Å². The van der Waals surface area contributed by atoms with E-state index in [4.69, 9.17) is 14.3 Å². The fourth-order valence-electron chi connectivity index (χ4n) is 3.89. The van der Waals surface area contributed by atoms with E-state index in [0.29, 0.717) is 23.3 Å². The summed E-state index contributed by atoms with van der Waals surface area (Å²) in [6, 6.07) is 12.3. The number of amides is 2. The molecule has 0 bridgehead atoms. The predicted octanol–water partition coefficient (Wildman–Crippen LogP) is 3.45. The van der Waals surface area contributed by atoms with Gasteiger partial charge in [-0.05, 0) is 62.6 Å². The number of carboxylic acids is 1. The van der Waals surface area contributed by atoms with Crippen LogP contribution in [-0.4, -0.2) is 43.3 Å². The first-order valence-electron chi connectivity index (χ1n) is 11.6. The molecule has 0 aliphatic rings. The number of carboxylic acid groups (broad SMARTS) is 1. The van der Waals surface area contributed by atoms with E-state index in [-0.39, 0.29) is 19.1 Å². The smallest absolute Gasteiger partial charge is 0.341 e. The summed E-state index contributed by atoms with van der Waals surface area (Å²) in [7, 11) is 0. The molecule has 0 radical (unpaired) electrons. The summed E-state index contributed by atoms with van der Waals surface area (Å²) < 4.78 is 10.7. The second-order valence-electron chi connectivity index (χ2n) is 8.04. The van der Waals surface area contributed by atoms with Crippen molar-refractivity contribution >= 4 is 28.7 Å². The Balaban J connectivity index is 1.57. The van der Waals surface area contributed by atoms with Crippen molar-refractivity contribution in [3.05, 3.63) is 69.6 Å². The number of nitrogens with zero attached hydrogens (tertiary/aromatic N) is 1. The van der Waals surface area contributed by atoms with Crippen LogP contribution in [0.2, 0.25) is 0 Å². The van der Waals surface area contributed by atoms with Crippen LogP contribution in [0.1, 0.15) is 30.5 Å². The van der Waals surface area contributed by atoms with Crippen molar-refractivity contribution in [2.75, 3.05) is 31.1 Å². The zero-order valence-corrected chi connectivity index (χ0v) is 20.2. The molecule has 9 nitrogen and oxygen atoms in total. The Morgan fingerprint density at radius 2 is 1.86 bits per heavy atom. The Hall–Kier alpha value is -4.01. The van der Waals surface area contributed by atoms with Crippen molar-refractivity contribution < 1.29 is 23.8 Å². The van der Waals surface area contributed by atoms with Crippen molar-refractivity contribution in [1.29, 1.82) is 0 Å². The maximum absolute atomic E-state index is 12.6. The van der Waals surface area contributed by atoms with Gasteiger partial charge in [0.15, 0.2) is 6.61 Å². The number of aliphatic carboxylic acids is 1. The van der Waals surface area contributed by atoms with Crippen molar-refractivity contribution in [3.8, 4) is 5.75 Å². The molecule has 2 aromatic carbocycles. The Morgan fingerprint density at radius 1 is 1.09 bits per heavy atom. The first kappa shape index (κ1) is 25.6. The van der Waals surface area contributed by atoms with E-state index in [1.807, 2.05) is 25.1 Å². The van der Waals surface area contributed by atoms with Gasteiger partial charge >= 0.3 is 17.6 Å². The molecule has 1 heterocycles. The molecule has 35 heavy (non-hydrogen) atoms. The summed E-state index contributed by atoms with van der Waals surface area (Å²) in [5.41, 5.74) is 3.32. The van der Waals surface area contributed by atoms with Gasteiger partial charge < -0.3 is 29.8 Å². The molecule has 0 spiro atoms. The maximum atomic E-state index is 12.6. The number of hydrogen-bond donors (Lipinski definition) is 3. The van der Waals surface area contributed by atoms with Crippen molar-refractivity contribution in [2.24, 2.45) is 0 Å². The number of urea groups is 1. The molecular formula is C26H31N3O6. The third kappa shape index (κ3) is 6.75. The molecule has 0 atom stereocenters. The number of hydrogen-bond acceptors (Lipinski definition) is 6. The second-order valence-corrected chi connectivity index (χ2v) is 8.04. The second kappa shape index (κ2) is 11.9. The topological polar surface area (TPSA) is 121 Å². The van der Waals surface area contributed by atoms with Gasteiger partial charge in [-0.3, -0.25) is 0 Å².